The second kappa shape index (κ2) is 4.08. The third kappa shape index (κ3) is 2.21. The van der Waals surface area contributed by atoms with Crippen molar-refractivity contribution in [1.82, 2.24) is 4.81 Å². The zero-order chi connectivity index (χ0) is 10.0. The first-order valence-electron chi connectivity index (χ1n) is 4.25. The molecule has 13 heavy (non-hydrogen) atoms. The van der Waals surface area contributed by atoms with Gasteiger partial charge >= 0.3 is 13.0 Å². The molecule has 2 atom stereocenters. The molecule has 1 aliphatic heterocycles. The highest BCUT2D eigenvalue weighted by Gasteiger charge is 2.40. The van der Waals surface area contributed by atoms with Crippen molar-refractivity contribution in [1.29, 1.82) is 0 Å². The van der Waals surface area contributed by atoms with Gasteiger partial charge in [0.1, 0.15) is 6.04 Å². The minimum Gasteiger partial charge on any atom is -0.480 e. The Morgan fingerprint density at radius 1 is 1.69 bits per heavy atom. The highest BCUT2D eigenvalue weighted by atomic mass is 16.5. The van der Waals surface area contributed by atoms with E-state index in [2.05, 4.69) is 0 Å². The molecular weight excluding hydrogens is 173 g/mol. The van der Waals surface area contributed by atoms with E-state index in [0.717, 1.165) is 0 Å². The molecule has 0 spiro atoms. The summed E-state index contributed by atoms with van der Waals surface area (Å²) in [5, 5.41) is 18.1. The molecule has 0 bridgehead atoms. The van der Waals surface area contributed by atoms with Crippen molar-refractivity contribution in [2.45, 2.75) is 25.4 Å². The van der Waals surface area contributed by atoms with Gasteiger partial charge in [0.25, 0.3) is 0 Å². The van der Waals surface area contributed by atoms with Crippen molar-refractivity contribution >= 4 is 13.0 Å². The van der Waals surface area contributed by atoms with Crippen LogP contribution in [0.2, 0.25) is 6.82 Å². The molecule has 0 saturated carbocycles. The predicted molar refractivity (Wildman–Crippen MR) is 47.4 cm³/mol. The second-order valence-electron chi connectivity index (χ2n) is 3.28. The zero-order valence-electron chi connectivity index (χ0n) is 7.80. The molecule has 1 unspecified atom stereocenters. The van der Waals surface area contributed by atoms with E-state index in [0.29, 0.717) is 13.0 Å². The number of nitrogens with zero attached hydrogens (tertiary/aromatic N) is 1. The predicted octanol–water partition coefficient (Wildman–Crippen LogP) is -0.729. The van der Waals surface area contributed by atoms with Crippen molar-refractivity contribution in [3.63, 3.8) is 0 Å². The van der Waals surface area contributed by atoms with E-state index in [1.165, 1.54) is 4.81 Å². The van der Waals surface area contributed by atoms with Crippen LogP contribution in [-0.2, 0) is 9.53 Å². The van der Waals surface area contributed by atoms with Crippen LogP contribution in [0.3, 0.4) is 0 Å². The summed E-state index contributed by atoms with van der Waals surface area (Å²) in [7, 11) is 0.816. The smallest absolute Gasteiger partial charge is 0.377 e. The summed E-state index contributed by atoms with van der Waals surface area (Å²) in [6, 6.07) is -0.620. The Morgan fingerprint density at radius 3 is 2.62 bits per heavy atom. The van der Waals surface area contributed by atoms with Gasteiger partial charge in [-0.15, -0.1) is 0 Å². The number of hydrogen-bond donors (Lipinski definition) is 2. The average molecular weight is 187 g/mol. The summed E-state index contributed by atoms with van der Waals surface area (Å²) in [5.41, 5.74) is 0. The first-order valence-corrected chi connectivity index (χ1v) is 4.25. The van der Waals surface area contributed by atoms with Gasteiger partial charge in [-0.25, -0.2) is 0 Å². The highest BCUT2D eigenvalue weighted by Crippen LogP contribution is 2.20. The Morgan fingerprint density at radius 2 is 2.31 bits per heavy atom. The summed E-state index contributed by atoms with van der Waals surface area (Å²) in [4.78, 5) is 12.3. The minimum absolute atomic E-state index is 0.0873. The Labute approximate surface area is 77.4 Å². The zero-order valence-corrected chi connectivity index (χ0v) is 7.80. The summed E-state index contributed by atoms with van der Waals surface area (Å²) in [6.45, 7) is 2.04. The number of aliphatic carboxylic acids is 1. The van der Waals surface area contributed by atoms with Crippen molar-refractivity contribution in [3.8, 4) is 0 Å². The van der Waals surface area contributed by atoms with Gasteiger partial charge in [0.05, 0.1) is 6.10 Å². The summed E-state index contributed by atoms with van der Waals surface area (Å²) >= 11 is 0. The lowest BCUT2D eigenvalue weighted by atomic mass is 9.84. The van der Waals surface area contributed by atoms with E-state index in [1.54, 1.807) is 13.9 Å². The van der Waals surface area contributed by atoms with Crippen LogP contribution in [0.5, 0.6) is 0 Å². The molecule has 1 aliphatic rings. The van der Waals surface area contributed by atoms with Gasteiger partial charge in [-0.05, 0) is 6.82 Å². The Kier molecular flexibility index (Phi) is 3.30. The van der Waals surface area contributed by atoms with Crippen molar-refractivity contribution < 1.29 is 19.7 Å². The van der Waals surface area contributed by atoms with Crippen LogP contribution in [0.25, 0.3) is 0 Å². The van der Waals surface area contributed by atoms with E-state index in [1.807, 2.05) is 0 Å². The highest BCUT2D eigenvalue weighted by molar-refractivity contribution is 6.45. The molecule has 1 fully saturated rings. The molecule has 1 heterocycles. The van der Waals surface area contributed by atoms with E-state index < -0.39 is 19.1 Å². The van der Waals surface area contributed by atoms with Gasteiger partial charge < -0.3 is 19.7 Å². The fourth-order valence-electron chi connectivity index (χ4n) is 1.65. The van der Waals surface area contributed by atoms with Gasteiger partial charge in [-0.3, -0.25) is 4.79 Å². The molecule has 0 aromatic carbocycles. The normalized spacial score (nSPS) is 29.2. The molecular formula is C7H14BNO4. The first kappa shape index (κ1) is 10.5. The van der Waals surface area contributed by atoms with Crippen molar-refractivity contribution in [2.24, 2.45) is 0 Å². The first-order chi connectivity index (χ1) is 6.06. The summed E-state index contributed by atoms with van der Waals surface area (Å²) in [5.74, 6) is -0.902. The average Bonchev–Trinajstić information content (AvgIpc) is 2.47. The number of carboxylic acid groups (broad SMARTS) is 1. The van der Waals surface area contributed by atoms with Gasteiger partial charge in [0, 0.05) is 20.1 Å². The lowest BCUT2D eigenvalue weighted by Crippen LogP contribution is -2.44. The van der Waals surface area contributed by atoms with Crippen molar-refractivity contribution in [2.75, 3.05) is 13.7 Å². The lowest BCUT2D eigenvalue weighted by molar-refractivity contribution is -0.141. The molecule has 74 valence electrons. The fraction of sp³-hybridized carbons (Fsp3) is 0.857. The molecule has 2 N–H and O–H groups in total. The molecule has 0 amide bonds. The molecule has 0 aromatic heterocycles. The maximum absolute atomic E-state index is 10.8. The lowest BCUT2D eigenvalue weighted by Gasteiger charge is -2.20. The Bertz CT molecular complexity index is 199. The monoisotopic (exact) mass is 187 g/mol. The topological polar surface area (TPSA) is 70.0 Å². The van der Waals surface area contributed by atoms with E-state index in [-0.39, 0.29) is 6.10 Å². The van der Waals surface area contributed by atoms with Crippen LogP contribution in [0.4, 0.5) is 0 Å². The van der Waals surface area contributed by atoms with Crippen LogP contribution >= 0.6 is 0 Å². The Hall–Kier alpha value is -0.585. The van der Waals surface area contributed by atoms with Gasteiger partial charge in [-0.1, -0.05) is 0 Å². The van der Waals surface area contributed by atoms with Crippen molar-refractivity contribution in [3.05, 3.63) is 0 Å². The second-order valence-corrected chi connectivity index (χ2v) is 3.28. The van der Waals surface area contributed by atoms with Gasteiger partial charge in [0.15, 0.2) is 0 Å². The molecule has 1 saturated heterocycles. The molecule has 0 aromatic rings. The van der Waals surface area contributed by atoms with E-state index >= 15 is 0 Å². The Balaban J connectivity index is 2.65. The SMILES string of the molecule is CO[C@@H]1CC(C(=O)O)N(B(C)O)C1. The largest absolute Gasteiger partial charge is 0.480 e. The summed E-state index contributed by atoms with van der Waals surface area (Å²) < 4.78 is 5.06. The van der Waals surface area contributed by atoms with E-state index in [9.17, 15) is 9.82 Å². The number of hydrogen-bond acceptors (Lipinski definition) is 4. The molecule has 0 aliphatic carbocycles. The summed E-state index contributed by atoms with van der Waals surface area (Å²) in [6.07, 6.45) is 0.354. The van der Waals surface area contributed by atoms with E-state index in [4.69, 9.17) is 9.84 Å². The van der Waals surface area contributed by atoms with Crippen LogP contribution < -0.4 is 0 Å². The van der Waals surface area contributed by atoms with Crippen LogP contribution in [0.15, 0.2) is 0 Å². The third-order valence-electron chi connectivity index (χ3n) is 2.40. The maximum atomic E-state index is 10.8. The standard InChI is InChI=1S/C7H14BNO4/c1-8(12)9-4-5(13-2)3-6(9)7(10)11/h5-6,12H,3-4H2,1-2H3,(H,10,11)/t5-,6?/m1/s1. The number of methoxy groups -OCH3 is 1. The molecule has 6 heteroatoms. The van der Waals surface area contributed by atoms with Gasteiger partial charge in [-0.2, -0.15) is 0 Å². The molecule has 5 nitrogen and oxygen atoms in total. The molecule has 0 radical (unpaired) electrons. The van der Waals surface area contributed by atoms with Crippen LogP contribution in [-0.4, -0.2) is 53.8 Å². The third-order valence-corrected chi connectivity index (χ3v) is 2.40. The van der Waals surface area contributed by atoms with Gasteiger partial charge in [0.2, 0.25) is 0 Å². The quantitative estimate of drug-likeness (QED) is 0.570. The number of carbonyl (C=O) groups is 1. The number of ether oxygens (including phenoxy) is 1. The fourth-order valence-corrected chi connectivity index (χ4v) is 1.65. The van der Waals surface area contributed by atoms with Crippen LogP contribution in [0, 0.1) is 0 Å². The maximum Gasteiger partial charge on any atom is 0.377 e. The minimum atomic E-state index is -0.902. The molecule has 1 rings (SSSR count). The number of carboxylic acids is 1. The number of rotatable bonds is 3. The van der Waals surface area contributed by atoms with Crippen LogP contribution in [0.1, 0.15) is 6.42 Å².